The molecule has 0 atom stereocenters. The van der Waals surface area contributed by atoms with Gasteiger partial charge >= 0.3 is 0 Å². The number of hydrogen-bond acceptors (Lipinski definition) is 1. The van der Waals surface area contributed by atoms with Crippen molar-refractivity contribution < 1.29 is 0 Å². The quantitative estimate of drug-likeness (QED) is 0.170. The summed E-state index contributed by atoms with van der Waals surface area (Å²) in [6.45, 7) is 0. The Morgan fingerprint density at radius 1 is 0.328 bits per heavy atom. The lowest BCUT2D eigenvalue weighted by atomic mass is 9.70. The van der Waals surface area contributed by atoms with Crippen molar-refractivity contribution >= 4 is 17.1 Å². The summed E-state index contributed by atoms with van der Waals surface area (Å²) in [5.74, 6) is 0. The highest BCUT2D eigenvalue weighted by atomic mass is 15.1. The van der Waals surface area contributed by atoms with Crippen molar-refractivity contribution in [3.63, 3.8) is 0 Å². The van der Waals surface area contributed by atoms with Crippen LogP contribution < -0.4 is 4.90 Å². The van der Waals surface area contributed by atoms with Crippen LogP contribution in [0.5, 0.6) is 0 Å². The average molecular weight is 744 g/mol. The second kappa shape index (κ2) is 13.3. The maximum atomic E-state index is 2.60. The first-order valence-electron chi connectivity index (χ1n) is 21.4. The molecule has 0 N–H and O–H groups in total. The molecule has 58 heavy (non-hydrogen) atoms. The fourth-order valence-electron chi connectivity index (χ4n) is 11.3. The van der Waals surface area contributed by atoms with E-state index in [1.54, 1.807) is 0 Å². The maximum absolute atomic E-state index is 2.60. The van der Waals surface area contributed by atoms with Crippen LogP contribution in [-0.2, 0) is 31.1 Å². The largest absolute Gasteiger partial charge is 0.310 e. The molecule has 1 spiro atoms. The zero-order chi connectivity index (χ0) is 38.2. The molecule has 0 aromatic heterocycles. The Bertz CT molecular complexity index is 2850. The van der Waals surface area contributed by atoms with E-state index in [2.05, 4.69) is 181 Å². The topological polar surface area (TPSA) is 3.24 Å². The van der Waals surface area contributed by atoms with Gasteiger partial charge in [-0.3, -0.25) is 0 Å². The van der Waals surface area contributed by atoms with E-state index in [-0.39, 0.29) is 0 Å². The molecular formula is C57H45N. The molecule has 4 aliphatic carbocycles. The molecule has 0 heterocycles. The molecule has 0 bridgehead atoms. The second-order valence-electron chi connectivity index (χ2n) is 16.9. The number of hydrogen-bond donors (Lipinski definition) is 0. The summed E-state index contributed by atoms with van der Waals surface area (Å²) in [7, 11) is 0. The summed E-state index contributed by atoms with van der Waals surface area (Å²) in [5.41, 5.74) is 25.2. The molecule has 0 aliphatic heterocycles. The van der Waals surface area contributed by atoms with E-state index in [1.165, 1.54) is 145 Å². The number of para-hydroxylation sites is 1. The van der Waals surface area contributed by atoms with E-state index in [0.29, 0.717) is 0 Å². The molecule has 0 saturated heterocycles. The van der Waals surface area contributed by atoms with Crippen molar-refractivity contribution in [2.75, 3.05) is 4.90 Å². The summed E-state index contributed by atoms with van der Waals surface area (Å²) in [5, 5.41) is 0. The maximum Gasteiger partial charge on any atom is 0.0726 e. The Hall–Kier alpha value is -6.44. The smallest absolute Gasteiger partial charge is 0.0726 e. The number of nitrogens with zero attached hydrogens (tertiary/aromatic N) is 1. The normalized spacial score (nSPS) is 15.2. The molecule has 1 nitrogen and oxygen atoms in total. The standard InChI is InChI=1S/C57H45N/c1-2-19-44(20-3-1)58(55-28-14-18-40-16-6-7-21-45(40)55)56-37-54-50(36-49(56)41-32-29-39(30-33-41)43-34-31-38-15-4-5-17-42(38)35-43)48-24-10-13-27-53(48)57(54)51-25-11-8-22-46(51)47-23-9-12-26-52(47)57/h1-3,8-14,18-20,22-37H,4-7,15-17,21H2. The van der Waals surface area contributed by atoms with Crippen molar-refractivity contribution in [3.05, 3.63) is 220 Å². The molecule has 0 radical (unpaired) electrons. The fourth-order valence-corrected chi connectivity index (χ4v) is 11.3. The minimum Gasteiger partial charge on any atom is -0.310 e. The Kier molecular flexibility index (Phi) is 7.73. The van der Waals surface area contributed by atoms with E-state index in [0.717, 1.165) is 12.8 Å². The predicted octanol–water partition coefficient (Wildman–Crippen LogP) is 14.6. The van der Waals surface area contributed by atoms with E-state index in [9.17, 15) is 0 Å². The van der Waals surface area contributed by atoms with Gasteiger partial charge in [0.1, 0.15) is 0 Å². The average Bonchev–Trinajstić information content (AvgIpc) is 3.76. The van der Waals surface area contributed by atoms with Gasteiger partial charge in [-0.25, -0.2) is 0 Å². The lowest BCUT2D eigenvalue weighted by Crippen LogP contribution is -2.26. The number of fused-ring (bicyclic) bond motifs is 12. The zero-order valence-corrected chi connectivity index (χ0v) is 32.8. The molecule has 1 heteroatoms. The van der Waals surface area contributed by atoms with Crippen LogP contribution in [0.1, 0.15) is 70.2 Å². The predicted molar refractivity (Wildman–Crippen MR) is 242 cm³/mol. The molecule has 0 saturated carbocycles. The molecule has 0 unspecified atom stereocenters. The van der Waals surface area contributed by atoms with Crippen molar-refractivity contribution in [2.45, 2.75) is 56.8 Å². The SMILES string of the molecule is c1ccc(N(c2cc3c(cc2-c2ccc(-c4ccc5c(c4)CCCC5)cc2)-c2ccccc2C32c3ccccc3-c3ccccc32)c2cccc3c2CCCC3)cc1. The van der Waals surface area contributed by atoms with E-state index in [4.69, 9.17) is 0 Å². The summed E-state index contributed by atoms with van der Waals surface area (Å²) >= 11 is 0. The van der Waals surface area contributed by atoms with Crippen LogP contribution in [-0.4, -0.2) is 0 Å². The number of anilines is 3. The number of aryl methyl sites for hydroxylation is 3. The highest BCUT2D eigenvalue weighted by molar-refractivity contribution is 6.00. The first-order chi connectivity index (χ1) is 28.8. The number of benzene rings is 8. The minimum absolute atomic E-state index is 0.429. The highest BCUT2D eigenvalue weighted by Crippen LogP contribution is 2.64. The van der Waals surface area contributed by atoms with Crippen LogP contribution >= 0.6 is 0 Å². The fraction of sp³-hybridized carbons (Fsp3) is 0.158. The molecule has 0 fully saturated rings. The van der Waals surface area contributed by atoms with E-state index >= 15 is 0 Å². The van der Waals surface area contributed by atoms with Gasteiger partial charge in [0.25, 0.3) is 0 Å². The van der Waals surface area contributed by atoms with Crippen LogP contribution in [0.15, 0.2) is 176 Å². The van der Waals surface area contributed by atoms with Gasteiger partial charge in [0.05, 0.1) is 11.1 Å². The molecule has 0 amide bonds. The number of rotatable bonds is 5. The van der Waals surface area contributed by atoms with Gasteiger partial charge in [-0.15, -0.1) is 0 Å². The van der Waals surface area contributed by atoms with E-state index in [1.807, 2.05) is 0 Å². The third kappa shape index (κ3) is 4.96. The molecule has 4 aliphatic rings. The van der Waals surface area contributed by atoms with Crippen LogP contribution in [0.4, 0.5) is 17.1 Å². The van der Waals surface area contributed by atoms with Gasteiger partial charge in [-0.1, -0.05) is 146 Å². The molecule has 12 rings (SSSR count). The third-order valence-electron chi connectivity index (χ3n) is 13.9. The second-order valence-corrected chi connectivity index (χ2v) is 16.9. The third-order valence-corrected chi connectivity index (χ3v) is 13.9. The van der Waals surface area contributed by atoms with Crippen LogP contribution in [0.3, 0.4) is 0 Å². The van der Waals surface area contributed by atoms with Gasteiger partial charge in [-0.05, 0) is 165 Å². The summed E-state index contributed by atoms with van der Waals surface area (Å²) < 4.78 is 0. The van der Waals surface area contributed by atoms with Crippen LogP contribution in [0.2, 0.25) is 0 Å². The first-order valence-corrected chi connectivity index (χ1v) is 21.4. The monoisotopic (exact) mass is 743 g/mol. The molecule has 8 aromatic carbocycles. The van der Waals surface area contributed by atoms with Gasteiger partial charge in [-0.2, -0.15) is 0 Å². The molecule has 8 aromatic rings. The molecule has 278 valence electrons. The summed E-state index contributed by atoms with van der Waals surface area (Å²) in [4.78, 5) is 2.60. The summed E-state index contributed by atoms with van der Waals surface area (Å²) in [6, 6.07) is 67.4. The van der Waals surface area contributed by atoms with Crippen molar-refractivity contribution in [3.8, 4) is 44.5 Å². The Balaban J connectivity index is 1.14. The van der Waals surface area contributed by atoms with Crippen molar-refractivity contribution in [1.29, 1.82) is 0 Å². The van der Waals surface area contributed by atoms with E-state index < -0.39 is 5.41 Å². The Labute approximate surface area is 342 Å². The lowest BCUT2D eigenvalue weighted by Gasteiger charge is -2.34. The van der Waals surface area contributed by atoms with Gasteiger partial charge in [0, 0.05) is 16.9 Å². The first kappa shape index (κ1) is 33.7. The van der Waals surface area contributed by atoms with Crippen LogP contribution in [0.25, 0.3) is 44.5 Å². The van der Waals surface area contributed by atoms with Crippen molar-refractivity contribution in [2.24, 2.45) is 0 Å². The van der Waals surface area contributed by atoms with Crippen LogP contribution in [0, 0.1) is 0 Å². The van der Waals surface area contributed by atoms with Gasteiger partial charge in [0.15, 0.2) is 0 Å². The van der Waals surface area contributed by atoms with Gasteiger partial charge < -0.3 is 4.90 Å². The van der Waals surface area contributed by atoms with Crippen molar-refractivity contribution in [1.82, 2.24) is 0 Å². The Morgan fingerprint density at radius 3 is 1.60 bits per heavy atom. The highest BCUT2D eigenvalue weighted by Gasteiger charge is 2.52. The zero-order valence-electron chi connectivity index (χ0n) is 32.8. The Morgan fingerprint density at radius 2 is 0.897 bits per heavy atom. The lowest BCUT2D eigenvalue weighted by molar-refractivity contribution is 0.686. The minimum atomic E-state index is -0.429. The summed E-state index contributed by atoms with van der Waals surface area (Å²) in [6.07, 6.45) is 9.71. The molecular weight excluding hydrogens is 699 g/mol. The van der Waals surface area contributed by atoms with Gasteiger partial charge in [0.2, 0.25) is 0 Å².